The normalized spacial score (nSPS) is 7.26. The van der Waals surface area contributed by atoms with E-state index in [4.69, 9.17) is 0 Å². The quantitative estimate of drug-likeness (QED) is 0.253. The fourth-order valence-corrected chi connectivity index (χ4v) is 0. The molecule has 0 heterocycles. The molecular formula is C9H18HfN3S6-3. The largest absolute Gasteiger partial charge is 0.411 e. The Balaban J connectivity index is -0.0000000865. The van der Waals surface area contributed by atoms with Crippen LogP contribution >= 0.6 is 36.7 Å². The maximum atomic E-state index is 4.56. The van der Waals surface area contributed by atoms with E-state index < -0.39 is 0 Å². The van der Waals surface area contributed by atoms with E-state index in [0.29, 0.717) is 13.0 Å². The summed E-state index contributed by atoms with van der Waals surface area (Å²) in [6.07, 6.45) is 0. The van der Waals surface area contributed by atoms with Crippen molar-refractivity contribution in [3.05, 3.63) is 0 Å². The Morgan fingerprint density at radius 2 is 0.632 bits per heavy atom. The van der Waals surface area contributed by atoms with Gasteiger partial charge in [0.15, 0.2) is 0 Å². The monoisotopic (exact) mass is 540 g/mol. The molecule has 112 valence electrons. The fraction of sp³-hybridized carbons (Fsp3) is 0.667. The molecule has 0 aliphatic carbocycles. The zero-order valence-corrected chi connectivity index (χ0v) is 20.3. The topological polar surface area (TPSA) is 9.72 Å². The van der Waals surface area contributed by atoms with Crippen LogP contribution in [0.4, 0.5) is 0 Å². The van der Waals surface area contributed by atoms with Crippen LogP contribution in [0.2, 0.25) is 0 Å². The third kappa shape index (κ3) is 32.6. The first-order chi connectivity index (χ1) is 7.93. The summed E-state index contributed by atoms with van der Waals surface area (Å²) in [5.41, 5.74) is 0. The van der Waals surface area contributed by atoms with Crippen molar-refractivity contribution in [3.63, 3.8) is 0 Å². The van der Waals surface area contributed by atoms with Crippen LogP contribution in [0.25, 0.3) is 0 Å². The Morgan fingerprint density at radius 3 is 0.632 bits per heavy atom. The fourth-order valence-electron chi connectivity index (χ4n) is 0. The molecule has 0 atom stereocenters. The van der Waals surface area contributed by atoms with E-state index in [9.17, 15) is 0 Å². The number of rotatable bonds is 0. The third-order valence-electron chi connectivity index (χ3n) is 1.10. The molecule has 0 aromatic heterocycles. The standard InChI is InChI=1S/3C3H7NS2.Hf/c3*1-4(2)3(5)6;/h3*1-2H3,(H,5,6);/p-3. The molecule has 0 radical (unpaired) electrons. The van der Waals surface area contributed by atoms with Gasteiger partial charge in [-0.05, 0) is 0 Å². The zero-order chi connectivity index (χ0) is 15.5. The minimum atomic E-state index is 0. The Morgan fingerprint density at radius 1 is 0.579 bits per heavy atom. The van der Waals surface area contributed by atoms with Crippen molar-refractivity contribution in [2.45, 2.75) is 0 Å². The van der Waals surface area contributed by atoms with Gasteiger partial charge < -0.3 is 89.2 Å². The van der Waals surface area contributed by atoms with E-state index >= 15 is 0 Å². The van der Waals surface area contributed by atoms with E-state index in [0.717, 1.165) is 0 Å². The smallest absolute Gasteiger partial charge is 0.00456 e. The van der Waals surface area contributed by atoms with Crippen LogP contribution in [0.1, 0.15) is 0 Å². The zero-order valence-electron chi connectivity index (χ0n) is 11.8. The molecule has 0 saturated heterocycles. The Kier molecular flexibility index (Phi) is 25.8. The van der Waals surface area contributed by atoms with E-state index in [1.807, 2.05) is 42.3 Å². The molecular weight excluding hydrogens is 521 g/mol. The van der Waals surface area contributed by atoms with Crippen LogP contribution < -0.4 is 0 Å². The van der Waals surface area contributed by atoms with Crippen LogP contribution in [0.5, 0.6) is 0 Å². The first-order valence-electron chi connectivity index (χ1n) is 4.58. The van der Waals surface area contributed by atoms with Gasteiger partial charge in [0, 0.05) is 68.1 Å². The summed E-state index contributed by atoms with van der Waals surface area (Å²) in [5, 5.41) is 0. The summed E-state index contributed by atoms with van der Waals surface area (Å²) >= 11 is 27.4. The first-order valence-corrected chi connectivity index (χ1v) is 7.03. The van der Waals surface area contributed by atoms with Crippen LogP contribution in [0.3, 0.4) is 0 Å². The second-order valence-electron chi connectivity index (χ2n) is 3.48. The predicted molar refractivity (Wildman–Crippen MR) is 101 cm³/mol. The summed E-state index contributed by atoms with van der Waals surface area (Å²) in [5.74, 6) is 0. The van der Waals surface area contributed by atoms with Gasteiger partial charge in [-0.1, -0.05) is 13.0 Å². The second kappa shape index (κ2) is 17.3. The molecule has 0 rings (SSSR count). The summed E-state index contributed by atoms with van der Waals surface area (Å²) in [7, 11) is 11.0. The summed E-state index contributed by atoms with van der Waals surface area (Å²) < 4.78 is 1.53. The van der Waals surface area contributed by atoms with Crippen molar-refractivity contribution in [2.24, 2.45) is 0 Å². The van der Waals surface area contributed by atoms with Crippen molar-refractivity contribution < 1.29 is 25.8 Å². The van der Waals surface area contributed by atoms with Gasteiger partial charge in [-0.15, -0.1) is 0 Å². The van der Waals surface area contributed by atoms with E-state index in [1.165, 1.54) is 0 Å². The Labute approximate surface area is 168 Å². The van der Waals surface area contributed by atoms with Gasteiger partial charge in [0.05, 0.1) is 0 Å². The molecule has 0 saturated carbocycles. The SMILES string of the molecule is CN(C)C(=S)[S-].CN(C)C(=S)[S-].CN(C)C(=S)[S-].[Hf]. The Bertz CT molecular complexity index is 228. The van der Waals surface area contributed by atoms with Crippen molar-refractivity contribution in [1.82, 2.24) is 14.7 Å². The van der Waals surface area contributed by atoms with Crippen LogP contribution in [0.15, 0.2) is 0 Å². The molecule has 0 N–H and O–H groups in total. The second-order valence-corrected chi connectivity index (χ2v) is 6.58. The summed E-state index contributed by atoms with van der Waals surface area (Å²) in [6, 6.07) is 0. The van der Waals surface area contributed by atoms with Gasteiger partial charge in [-0.3, -0.25) is 0 Å². The van der Waals surface area contributed by atoms with Crippen LogP contribution in [-0.4, -0.2) is 69.9 Å². The van der Waals surface area contributed by atoms with Gasteiger partial charge in [-0.25, -0.2) is 0 Å². The molecule has 0 unspecified atom stereocenters. The van der Waals surface area contributed by atoms with Gasteiger partial charge in [0.2, 0.25) is 0 Å². The Hall–Kier alpha value is 1.20. The third-order valence-corrected chi connectivity index (χ3v) is 3.29. The summed E-state index contributed by atoms with van der Waals surface area (Å²) in [6.45, 7) is 0. The van der Waals surface area contributed by atoms with Crippen molar-refractivity contribution in [3.8, 4) is 0 Å². The molecule has 19 heavy (non-hydrogen) atoms. The minimum Gasteiger partial charge on any atom is -0.411 e. The maximum absolute atomic E-state index is 4.56. The van der Waals surface area contributed by atoms with Gasteiger partial charge in [0.25, 0.3) is 0 Å². The van der Waals surface area contributed by atoms with Crippen molar-refractivity contribution in [1.29, 1.82) is 0 Å². The number of hydrogen-bond donors (Lipinski definition) is 0. The predicted octanol–water partition coefficient (Wildman–Crippen LogP) is 1.14. The molecule has 0 amide bonds. The van der Waals surface area contributed by atoms with E-state index in [-0.39, 0.29) is 25.8 Å². The van der Waals surface area contributed by atoms with E-state index in [1.54, 1.807) is 14.7 Å². The molecule has 0 aliphatic heterocycles. The molecule has 0 spiro atoms. The van der Waals surface area contributed by atoms with E-state index in [2.05, 4.69) is 74.5 Å². The molecule has 0 aliphatic rings. The van der Waals surface area contributed by atoms with Gasteiger partial charge in [-0.2, -0.15) is 0 Å². The average molecular weight is 539 g/mol. The number of hydrogen-bond acceptors (Lipinski definition) is 6. The maximum Gasteiger partial charge on any atom is 0.00456 e. The molecule has 10 heteroatoms. The van der Waals surface area contributed by atoms with Crippen LogP contribution in [-0.2, 0) is 63.7 Å². The first kappa shape index (κ1) is 28.4. The van der Waals surface area contributed by atoms with Gasteiger partial charge >= 0.3 is 0 Å². The number of thiocarbonyl (C=S) groups is 3. The van der Waals surface area contributed by atoms with Crippen molar-refractivity contribution >= 4 is 87.5 Å². The van der Waals surface area contributed by atoms with Crippen LogP contribution in [0, 0.1) is 0 Å². The molecule has 0 bridgehead atoms. The van der Waals surface area contributed by atoms with Gasteiger partial charge in [0.1, 0.15) is 0 Å². The molecule has 0 fully saturated rings. The molecule has 3 nitrogen and oxygen atoms in total. The van der Waals surface area contributed by atoms with Crippen molar-refractivity contribution in [2.75, 3.05) is 42.3 Å². The summed E-state index contributed by atoms with van der Waals surface area (Å²) in [4.78, 5) is 5.14. The molecule has 0 aromatic rings. The number of nitrogens with zero attached hydrogens (tertiary/aromatic N) is 3. The minimum absolute atomic E-state index is 0. The molecule has 0 aromatic carbocycles. The average Bonchev–Trinajstić information content (AvgIpc) is 2.18.